The van der Waals surface area contributed by atoms with Gasteiger partial charge in [-0.15, -0.1) is 0 Å². The normalized spacial score (nSPS) is 12.2. The van der Waals surface area contributed by atoms with E-state index in [-0.39, 0.29) is 16.1 Å². The minimum Gasteiger partial charge on any atom is -0.508 e. The van der Waals surface area contributed by atoms with Crippen molar-refractivity contribution in [1.82, 2.24) is 5.32 Å². The summed E-state index contributed by atoms with van der Waals surface area (Å²) in [7, 11) is 0. The quantitative estimate of drug-likeness (QED) is 0.822. The summed E-state index contributed by atoms with van der Waals surface area (Å²) in [6.45, 7) is 2.50. The Morgan fingerprint density at radius 2 is 2.29 bits per heavy atom. The maximum absolute atomic E-state index is 13.3. The van der Waals surface area contributed by atoms with E-state index in [1.54, 1.807) is 0 Å². The van der Waals surface area contributed by atoms with Crippen LogP contribution in [0.15, 0.2) is 18.2 Å². The van der Waals surface area contributed by atoms with Crippen molar-refractivity contribution < 1.29 is 14.3 Å². The van der Waals surface area contributed by atoms with Crippen molar-refractivity contribution in [3.05, 3.63) is 29.6 Å². The van der Waals surface area contributed by atoms with Crippen LogP contribution in [0, 0.1) is 5.82 Å². The van der Waals surface area contributed by atoms with E-state index in [0.717, 1.165) is 18.9 Å². The van der Waals surface area contributed by atoms with Gasteiger partial charge in [-0.3, -0.25) is 4.79 Å². The standard InChI is InChI=1S/C12H15BrFNO2/c1-2-3-8(13)7-15-12(17)10-5-4-9(16)6-11(10)14/h4-6,8,16H,2-3,7H2,1H3,(H,15,17). The molecule has 1 unspecified atom stereocenters. The first kappa shape index (κ1) is 14.0. The number of phenols is 1. The van der Waals surface area contributed by atoms with E-state index >= 15 is 0 Å². The zero-order valence-corrected chi connectivity index (χ0v) is 11.1. The molecule has 0 aliphatic heterocycles. The van der Waals surface area contributed by atoms with Crippen LogP contribution in [-0.2, 0) is 0 Å². The molecular weight excluding hydrogens is 289 g/mol. The maximum Gasteiger partial charge on any atom is 0.254 e. The van der Waals surface area contributed by atoms with E-state index in [1.807, 2.05) is 0 Å². The van der Waals surface area contributed by atoms with Gasteiger partial charge in [-0.2, -0.15) is 0 Å². The van der Waals surface area contributed by atoms with Crippen LogP contribution in [0.4, 0.5) is 4.39 Å². The predicted octanol–water partition coefficient (Wildman–Crippen LogP) is 2.82. The number of carbonyl (C=O) groups excluding carboxylic acids is 1. The minimum absolute atomic E-state index is 0.0565. The van der Waals surface area contributed by atoms with Gasteiger partial charge in [0.1, 0.15) is 11.6 Å². The molecule has 17 heavy (non-hydrogen) atoms. The molecule has 2 N–H and O–H groups in total. The lowest BCUT2D eigenvalue weighted by atomic mass is 10.2. The van der Waals surface area contributed by atoms with Crippen molar-refractivity contribution >= 4 is 21.8 Å². The predicted molar refractivity (Wildman–Crippen MR) is 68.0 cm³/mol. The lowest BCUT2D eigenvalue weighted by Gasteiger charge is -2.10. The molecule has 1 aromatic rings. The molecule has 0 radical (unpaired) electrons. The summed E-state index contributed by atoms with van der Waals surface area (Å²) >= 11 is 3.42. The fraction of sp³-hybridized carbons (Fsp3) is 0.417. The Morgan fingerprint density at radius 1 is 1.59 bits per heavy atom. The fourth-order valence-corrected chi connectivity index (χ4v) is 2.02. The van der Waals surface area contributed by atoms with Crippen LogP contribution >= 0.6 is 15.9 Å². The Morgan fingerprint density at radius 3 is 2.88 bits per heavy atom. The van der Waals surface area contributed by atoms with E-state index in [0.29, 0.717) is 6.54 Å². The third kappa shape index (κ3) is 4.34. The Labute approximate surface area is 108 Å². The molecule has 1 rings (SSSR count). The molecule has 0 saturated carbocycles. The van der Waals surface area contributed by atoms with Crippen molar-refractivity contribution in [2.45, 2.75) is 24.6 Å². The number of phenolic OH excluding ortho intramolecular Hbond substituents is 1. The molecule has 94 valence electrons. The summed E-state index contributed by atoms with van der Waals surface area (Å²) < 4.78 is 13.3. The van der Waals surface area contributed by atoms with Gasteiger partial charge in [0.2, 0.25) is 0 Å². The van der Waals surface area contributed by atoms with Gasteiger partial charge in [-0.05, 0) is 18.6 Å². The Bertz CT molecular complexity index is 398. The van der Waals surface area contributed by atoms with Crippen LogP contribution in [0.25, 0.3) is 0 Å². The van der Waals surface area contributed by atoms with Gasteiger partial charge in [0.15, 0.2) is 0 Å². The largest absolute Gasteiger partial charge is 0.508 e. The van der Waals surface area contributed by atoms with E-state index in [2.05, 4.69) is 28.2 Å². The van der Waals surface area contributed by atoms with Gasteiger partial charge < -0.3 is 10.4 Å². The van der Waals surface area contributed by atoms with E-state index < -0.39 is 11.7 Å². The van der Waals surface area contributed by atoms with Gasteiger partial charge in [0.05, 0.1) is 5.56 Å². The second-order valence-electron chi connectivity index (χ2n) is 3.76. The van der Waals surface area contributed by atoms with Crippen molar-refractivity contribution in [3.63, 3.8) is 0 Å². The Hall–Kier alpha value is -1.10. The molecule has 0 spiro atoms. The van der Waals surface area contributed by atoms with Crippen LogP contribution < -0.4 is 5.32 Å². The van der Waals surface area contributed by atoms with E-state index in [9.17, 15) is 9.18 Å². The lowest BCUT2D eigenvalue weighted by molar-refractivity contribution is 0.0949. The van der Waals surface area contributed by atoms with E-state index in [1.165, 1.54) is 12.1 Å². The molecule has 0 bridgehead atoms. The topological polar surface area (TPSA) is 49.3 Å². The van der Waals surface area contributed by atoms with Gasteiger partial charge in [0, 0.05) is 17.4 Å². The van der Waals surface area contributed by atoms with Crippen LogP contribution in [0.1, 0.15) is 30.1 Å². The average Bonchev–Trinajstić information content (AvgIpc) is 2.26. The molecule has 0 fully saturated rings. The number of hydrogen-bond donors (Lipinski definition) is 2. The number of nitrogens with one attached hydrogen (secondary N) is 1. The summed E-state index contributed by atoms with van der Waals surface area (Å²) in [5, 5.41) is 11.7. The third-order valence-corrected chi connectivity index (χ3v) is 3.06. The molecule has 1 aromatic carbocycles. The number of aromatic hydroxyl groups is 1. The summed E-state index contributed by atoms with van der Waals surface area (Å²) in [4.78, 5) is 11.8. The Balaban J connectivity index is 2.58. The summed E-state index contributed by atoms with van der Waals surface area (Å²) in [6.07, 6.45) is 1.96. The van der Waals surface area contributed by atoms with Crippen molar-refractivity contribution in [2.24, 2.45) is 0 Å². The first-order chi connectivity index (χ1) is 8.04. The van der Waals surface area contributed by atoms with E-state index in [4.69, 9.17) is 5.11 Å². The number of alkyl halides is 1. The highest BCUT2D eigenvalue weighted by Crippen LogP contribution is 2.15. The number of rotatable bonds is 5. The molecule has 1 amide bonds. The fourth-order valence-electron chi connectivity index (χ4n) is 1.40. The van der Waals surface area contributed by atoms with Crippen LogP contribution in [0.2, 0.25) is 0 Å². The molecule has 0 heterocycles. The highest BCUT2D eigenvalue weighted by atomic mass is 79.9. The number of hydrogen-bond acceptors (Lipinski definition) is 2. The van der Waals surface area contributed by atoms with Crippen LogP contribution in [0.5, 0.6) is 5.75 Å². The van der Waals surface area contributed by atoms with Crippen LogP contribution in [-0.4, -0.2) is 22.4 Å². The zero-order chi connectivity index (χ0) is 12.8. The zero-order valence-electron chi connectivity index (χ0n) is 9.54. The molecule has 1 atom stereocenters. The molecule has 3 nitrogen and oxygen atoms in total. The van der Waals surface area contributed by atoms with Crippen molar-refractivity contribution in [2.75, 3.05) is 6.54 Å². The van der Waals surface area contributed by atoms with Gasteiger partial charge in [-0.25, -0.2) is 4.39 Å². The third-order valence-electron chi connectivity index (χ3n) is 2.28. The molecule has 5 heteroatoms. The SMILES string of the molecule is CCCC(Br)CNC(=O)c1ccc(O)cc1F. The lowest BCUT2D eigenvalue weighted by Crippen LogP contribution is -2.30. The van der Waals surface area contributed by atoms with Crippen molar-refractivity contribution in [1.29, 1.82) is 0 Å². The summed E-state index contributed by atoms with van der Waals surface area (Å²) in [6, 6.07) is 3.48. The molecular formula is C12H15BrFNO2. The highest BCUT2D eigenvalue weighted by Gasteiger charge is 2.13. The maximum atomic E-state index is 13.3. The van der Waals surface area contributed by atoms with Gasteiger partial charge >= 0.3 is 0 Å². The monoisotopic (exact) mass is 303 g/mol. The second kappa shape index (κ2) is 6.59. The van der Waals surface area contributed by atoms with Gasteiger partial charge in [-0.1, -0.05) is 29.3 Å². The molecule has 0 aliphatic rings. The average molecular weight is 304 g/mol. The number of halogens is 2. The second-order valence-corrected chi connectivity index (χ2v) is 5.06. The minimum atomic E-state index is -0.718. The van der Waals surface area contributed by atoms with Crippen molar-refractivity contribution in [3.8, 4) is 5.75 Å². The molecule has 0 aliphatic carbocycles. The number of amides is 1. The van der Waals surface area contributed by atoms with Crippen LogP contribution in [0.3, 0.4) is 0 Å². The smallest absolute Gasteiger partial charge is 0.254 e. The van der Waals surface area contributed by atoms with Gasteiger partial charge in [0.25, 0.3) is 5.91 Å². The summed E-state index contributed by atoms with van der Waals surface area (Å²) in [5.41, 5.74) is -0.0565. The highest BCUT2D eigenvalue weighted by molar-refractivity contribution is 9.09. The summed E-state index contributed by atoms with van der Waals surface area (Å²) in [5.74, 6) is -1.38. The number of carbonyl (C=O) groups is 1. The Kier molecular flexibility index (Phi) is 5.41. The number of benzene rings is 1. The first-order valence-corrected chi connectivity index (χ1v) is 6.37. The molecule has 0 saturated heterocycles. The molecule has 0 aromatic heterocycles. The first-order valence-electron chi connectivity index (χ1n) is 5.45.